The van der Waals surface area contributed by atoms with Gasteiger partial charge in [-0.15, -0.1) is 0 Å². The highest BCUT2D eigenvalue weighted by Crippen LogP contribution is 2.20. The predicted octanol–water partition coefficient (Wildman–Crippen LogP) is 0.755. The van der Waals surface area contributed by atoms with E-state index in [4.69, 9.17) is 5.11 Å². The summed E-state index contributed by atoms with van der Waals surface area (Å²) >= 11 is 0. The lowest BCUT2D eigenvalue weighted by Gasteiger charge is -2.18. The van der Waals surface area contributed by atoms with Crippen LogP contribution < -0.4 is 10.5 Å². The van der Waals surface area contributed by atoms with Crippen LogP contribution in [0.15, 0.2) is 41.2 Å². The van der Waals surface area contributed by atoms with Crippen LogP contribution in [0.25, 0.3) is 0 Å². The van der Waals surface area contributed by atoms with Crippen LogP contribution in [0.5, 0.6) is 0 Å². The molecule has 21 heavy (non-hydrogen) atoms. The number of hydrogen-bond acceptors (Lipinski definition) is 4. The standard InChI is InChI=1S/C14H13N3O4/c1-16(11-6-4-3-5-9(11)14(20)21)13(19)10-7-8-12(18)17(2)15-10/h3-8H,1-2H3,(H,20,21). The summed E-state index contributed by atoms with van der Waals surface area (Å²) in [5.41, 5.74) is -0.0104. The van der Waals surface area contributed by atoms with Gasteiger partial charge in [0.1, 0.15) is 5.69 Å². The van der Waals surface area contributed by atoms with Crippen LogP contribution in [0.3, 0.4) is 0 Å². The third kappa shape index (κ3) is 2.81. The van der Waals surface area contributed by atoms with Crippen molar-refractivity contribution in [1.82, 2.24) is 9.78 Å². The van der Waals surface area contributed by atoms with Gasteiger partial charge in [-0.25, -0.2) is 9.48 Å². The minimum absolute atomic E-state index is 0.0122. The molecule has 1 aromatic heterocycles. The Morgan fingerprint density at radius 3 is 2.48 bits per heavy atom. The summed E-state index contributed by atoms with van der Waals surface area (Å²) in [6, 6.07) is 8.70. The van der Waals surface area contributed by atoms with E-state index in [9.17, 15) is 14.4 Å². The number of aromatic nitrogens is 2. The van der Waals surface area contributed by atoms with E-state index in [0.717, 1.165) is 4.68 Å². The number of carboxylic acid groups (broad SMARTS) is 1. The third-order valence-electron chi connectivity index (χ3n) is 2.98. The molecule has 0 atom stereocenters. The van der Waals surface area contributed by atoms with E-state index in [1.54, 1.807) is 12.1 Å². The van der Waals surface area contributed by atoms with Crippen molar-refractivity contribution in [2.75, 3.05) is 11.9 Å². The lowest BCUT2D eigenvalue weighted by molar-refractivity contribution is 0.0697. The number of nitrogens with zero attached hydrogens (tertiary/aromatic N) is 3. The molecule has 108 valence electrons. The van der Waals surface area contributed by atoms with Gasteiger partial charge in [0.15, 0.2) is 0 Å². The van der Waals surface area contributed by atoms with Gasteiger partial charge >= 0.3 is 5.97 Å². The molecular weight excluding hydrogens is 274 g/mol. The number of aryl methyl sites for hydroxylation is 1. The summed E-state index contributed by atoms with van der Waals surface area (Å²) in [5.74, 6) is -1.63. The molecule has 7 nitrogen and oxygen atoms in total. The van der Waals surface area contributed by atoms with Crippen molar-refractivity contribution >= 4 is 17.6 Å². The predicted molar refractivity (Wildman–Crippen MR) is 75.6 cm³/mol. The highest BCUT2D eigenvalue weighted by molar-refractivity contribution is 6.07. The van der Waals surface area contributed by atoms with Gasteiger partial charge in [-0.05, 0) is 18.2 Å². The molecule has 0 fully saturated rings. The number of carbonyl (C=O) groups excluding carboxylic acids is 1. The van der Waals surface area contributed by atoms with Gasteiger partial charge in [-0.3, -0.25) is 9.59 Å². The Morgan fingerprint density at radius 2 is 1.86 bits per heavy atom. The number of benzene rings is 1. The average molecular weight is 287 g/mol. The summed E-state index contributed by atoms with van der Waals surface area (Å²) in [7, 11) is 2.89. The number of aromatic carboxylic acids is 1. The molecule has 1 N–H and O–H groups in total. The molecule has 2 rings (SSSR count). The first-order valence-electron chi connectivity index (χ1n) is 6.06. The number of carboxylic acids is 1. The molecule has 0 saturated heterocycles. The fraction of sp³-hybridized carbons (Fsp3) is 0.143. The summed E-state index contributed by atoms with van der Waals surface area (Å²) in [6.07, 6.45) is 0. The molecule has 0 aliphatic heterocycles. The highest BCUT2D eigenvalue weighted by atomic mass is 16.4. The number of rotatable bonds is 3. The minimum atomic E-state index is -1.13. The number of anilines is 1. The number of carbonyl (C=O) groups is 2. The Labute approximate surface area is 120 Å². The molecule has 0 unspecified atom stereocenters. The van der Waals surface area contributed by atoms with Gasteiger partial charge in [0.05, 0.1) is 11.3 Å². The maximum Gasteiger partial charge on any atom is 0.337 e. The van der Waals surface area contributed by atoms with E-state index < -0.39 is 11.9 Å². The van der Waals surface area contributed by atoms with Gasteiger partial charge < -0.3 is 10.0 Å². The first-order chi connectivity index (χ1) is 9.91. The van der Waals surface area contributed by atoms with E-state index >= 15 is 0 Å². The summed E-state index contributed by atoms with van der Waals surface area (Å²) in [5, 5.41) is 13.0. The van der Waals surface area contributed by atoms with Crippen molar-refractivity contribution in [3.8, 4) is 0 Å². The lowest BCUT2D eigenvalue weighted by Crippen LogP contribution is -2.31. The van der Waals surface area contributed by atoms with Crippen molar-refractivity contribution in [2.24, 2.45) is 7.05 Å². The molecule has 0 spiro atoms. The molecule has 1 amide bonds. The van der Waals surface area contributed by atoms with Crippen LogP contribution in [0.2, 0.25) is 0 Å². The topological polar surface area (TPSA) is 92.5 Å². The van der Waals surface area contributed by atoms with Crippen molar-refractivity contribution in [2.45, 2.75) is 0 Å². The van der Waals surface area contributed by atoms with Crippen LogP contribution in [-0.2, 0) is 7.05 Å². The van der Waals surface area contributed by atoms with E-state index in [0.29, 0.717) is 0 Å². The molecule has 2 aromatic rings. The van der Waals surface area contributed by atoms with E-state index in [1.807, 2.05) is 0 Å². The number of para-hydroxylation sites is 1. The normalized spacial score (nSPS) is 10.2. The second-order valence-electron chi connectivity index (χ2n) is 4.37. The van der Waals surface area contributed by atoms with Crippen molar-refractivity contribution in [1.29, 1.82) is 0 Å². The second kappa shape index (κ2) is 5.58. The Bertz CT molecular complexity index is 767. The third-order valence-corrected chi connectivity index (χ3v) is 2.98. The van der Waals surface area contributed by atoms with Crippen LogP contribution in [0.1, 0.15) is 20.8 Å². The van der Waals surface area contributed by atoms with Gasteiger partial charge in [0.2, 0.25) is 0 Å². The van der Waals surface area contributed by atoms with Crippen LogP contribution in [0.4, 0.5) is 5.69 Å². The zero-order valence-electron chi connectivity index (χ0n) is 11.5. The average Bonchev–Trinajstić information content (AvgIpc) is 2.48. The van der Waals surface area contributed by atoms with Crippen molar-refractivity contribution < 1.29 is 14.7 Å². The Kier molecular flexibility index (Phi) is 3.84. The second-order valence-corrected chi connectivity index (χ2v) is 4.37. The Morgan fingerprint density at radius 1 is 1.19 bits per heavy atom. The quantitative estimate of drug-likeness (QED) is 0.899. The molecule has 1 aromatic carbocycles. The molecule has 0 bridgehead atoms. The van der Waals surface area contributed by atoms with Crippen LogP contribution in [0, 0.1) is 0 Å². The number of amides is 1. The first kappa shape index (κ1) is 14.4. The van der Waals surface area contributed by atoms with Crippen molar-refractivity contribution in [3.63, 3.8) is 0 Å². The monoisotopic (exact) mass is 287 g/mol. The summed E-state index contributed by atoms with van der Waals surface area (Å²) in [4.78, 5) is 36.0. The minimum Gasteiger partial charge on any atom is -0.478 e. The largest absolute Gasteiger partial charge is 0.478 e. The molecule has 0 radical (unpaired) electrons. The number of hydrogen-bond donors (Lipinski definition) is 1. The molecule has 0 aliphatic rings. The maximum atomic E-state index is 12.3. The lowest BCUT2D eigenvalue weighted by atomic mass is 10.1. The fourth-order valence-electron chi connectivity index (χ4n) is 1.84. The zero-order valence-corrected chi connectivity index (χ0v) is 11.5. The van der Waals surface area contributed by atoms with Crippen LogP contribution in [-0.4, -0.2) is 33.8 Å². The SMILES string of the molecule is CN(C(=O)c1ccc(=O)n(C)n1)c1ccccc1C(=O)O. The van der Waals surface area contributed by atoms with E-state index in [2.05, 4.69) is 5.10 Å². The van der Waals surface area contributed by atoms with E-state index in [1.165, 1.54) is 43.3 Å². The Hall–Kier alpha value is -2.96. The van der Waals surface area contributed by atoms with Gasteiger partial charge in [-0.2, -0.15) is 5.10 Å². The Balaban J connectivity index is 2.42. The van der Waals surface area contributed by atoms with Gasteiger partial charge in [-0.1, -0.05) is 12.1 Å². The molecular formula is C14H13N3O4. The molecule has 1 heterocycles. The van der Waals surface area contributed by atoms with Crippen LogP contribution >= 0.6 is 0 Å². The van der Waals surface area contributed by atoms with Gasteiger partial charge in [0, 0.05) is 20.2 Å². The molecule has 0 saturated carbocycles. The summed E-state index contributed by atoms with van der Waals surface area (Å²) in [6.45, 7) is 0. The molecule has 0 aliphatic carbocycles. The van der Waals surface area contributed by atoms with E-state index in [-0.39, 0.29) is 22.5 Å². The highest BCUT2D eigenvalue weighted by Gasteiger charge is 2.20. The fourth-order valence-corrected chi connectivity index (χ4v) is 1.84. The zero-order chi connectivity index (χ0) is 15.6. The van der Waals surface area contributed by atoms with Crippen molar-refractivity contribution in [3.05, 3.63) is 58.0 Å². The summed E-state index contributed by atoms with van der Waals surface area (Å²) < 4.78 is 1.05. The molecule has 7 heteroatoms. The maximum absolute atomic E-state index is 12.3. The first-order valence-corrected chi connectivity index (χ1v) is 6.06. The van der Waals surface area contributed by atoms with Gasteiger partial charge in [0.25, 0.3) is 11.5 Å². The smallest absolute Gasteiger partial charge is 0.337 e.